The van der Waals surface area contributed by atoms with E-state index in [0.717, 1.165) is 38.5 Å². The molecule has 0 aromatic heterocycles. The highest BCUT2D eigenvalue weighted by Gasteiger charge is 2.41. The summed E-state index contributed by atoms with van der Waals surface area (Å²) in [4.78, 5) is 25.2. The van der Waals surface area contributed by atoms with Crippen LogP contribution in [0.3, 0.4) is 0 Å². The molecule has 2 amide bonds. The van der Waals surface area contributed by atoms with Gasteiger partial charge in [0, 0.05) is 30.5 Å². The van der Waals surface area contributed by atoms with E-state index in [-0.39, 0.29) is 36.2 Å². The molecule has 2 unspecified atom stereocenters. The Labute approximate surface area is 182 Å². The number of fused-ring (bicyclic) bond motifs is 2. The third kappa shape index (κ3) is 5.88. The van der Waals surface area contributed by atoms with Gasteiger partial charge in [-0.3, -0.25) is 9.59 Å². The molecule has 0 aromatic rings. The number of hydrogen-bond donors (Lipinski definition) is 3. The van der Waals surface area contributed by atoms with E-state index in [4.69, 9.17) is 5.73 Å². The Balaban J connectivity index is 0.00000240. The van der Waals surface area contributed by atoms with Gasteiger partial charge in [-0.2, -0.15) is 0 Å². The summed E-state index contributed by atoms with van der Waals surface area (Å²) >= 11 is 0. The van der Waals surface area contributed by atoms with Crippen LogP contribution in [0.1, 0.15) is 89.9 Å². The summed E-state index contributed by atoms with van der Waals surface area (Å²) in [6, 6.07) is 0.946. The number of carbonyl (C=O) groups excluding carboxylic acids is 2. The number of rotatable bonds is 5. The second-order valence-electron chi connectivity index (χ2n) is 10.2. The molecule has 0 aliphatic heterocycles. The number of halogens is 1. The molecule has 4 saturated carbocycles. The number of nitrogens with two attached hydrogens (primary N) is 1. The predicted molar refractivity (Wildman–Crippen MR) is 118 cm³/mol. The second-order valence-corrected chi connectivity index (χ2v) is 10.2. The summed E-state index contributed by atoms with van der Waals surface area (Å²) < 4.78 is 0. The summed E-state index contributed by atoms with van der Waals surface area (Å²) in [6.45, 7) is 0. The molecule has 6 heteroatoms. The quantitative estimate of drug-likeness (QED) is 0.628. The molecule has 0 saturated heterocycles. The maximum absolute atomic E-state index is 12.9. The molecule has 4 rings (SSSR count). The van der Waals surface area contributed by atoms with Crippen LogP contribution in [0, 0.1) is 23.7 Å². The van der Waals surface area contributed by atoms with E-state index in [1.165, 1.54) is 44.9 Å². The first kappa shape index (κ1) is 22.9. The van der Waals surface area contributed by atoms with E-state index in [1.807, 2.05) is 0 Å². The van der Waals surface area contributed by atoms with Gasteiger partial charge >= 0.3 is 0 Å². The van der Waals surface area contributed by atoms with E-state index in [9.17, 15) is 9.59 Å². The Bertz CT molecular complexity index is 544. The maximum atomic E-state index is 12.9. The van der Waals surface area contributed by atoms with Crippen molar-refractivity contribution in [3.8, 4) is 0 Å². The van der Waals surface area contributed by atoms with Crippen molar-refractivity contribution in [2.75, 3.05) is 0 Å². The largest absolute Gasteiger partial charge is 0.353 e. The van der Waals surface area contributed by atoms with Crippen molar-refractivity contribution in [2.45, 2.75) is 108 Å². The first-order valence-corrected chi connectivity index (χ1v) is 11.9. The highest BCUT2D eigenvalue weighted by Crippen LogP contribution is 2.40. The first-order valence-electron chi connectivity index (χ1n) is 11.9. The lowest BCUT2D eigenvalue weighted by Crippen LogP contribution is -2.55. The van der Waals surface area contributed by atoms with Crippen molar-refractivity contribution in [3.05, 3.63) is 0 Å². The lowest BCUT2D eigenvalue weighted by atomic mass is 9.67. The third-order valence-corrected chi connectivity index (χ3v) is 8.10. The molecule has 166 valence electrons. The molecule has 0 radical (unpaired) electrons. The molecule has 4 aliphatic rings. The molecular formula is C23H40ClN3O2. The highest BCUT2D eigenvalue weighted by molar-refractivity contribution is 5.85. The summed E-state index contributed by atoms with van der Waals surface area (Å²) in [5.41, 5.74) is 6.22. The van der Waals surface area contributed by atoms with Gasteiger partial charge in [0.2, 0.25) is 11.8 Å². The van der Waals surface area contributed by atoms with Crippen LogP contribution < -0.4 is 16.4 Å². The molecule has 2 atom stereocenters. The minimum absolute atomic E-state index is 0. The number of amides is 2. The smallest absolute Gasteiger partial charge is 0.223 e. The zero-order valence-electron chi connectivity index (χ0n) is 17.7. The predicted octanol–water partition coefficient (Wildman–Crippen LogP) is 3.69. The summed E-state index contributed by atoms with van der Waals surface area (Å²) in [7, 11) is 0. The van der Waals surface area contributed by atoms with Gasteiger partial charge in [0.15, 0.2) is 0 Å². The van der Waals surface area contributed by atoms with Crippen LogP contribution >= 0.6 is 12.4 Å². The minimum atomic E-state index is 0. The van der Waals surface area contributed by atoms with Gasteiger partial charge in [0.1, 0.15) is 0 Å². The van der Waals surface area contributed by atoms with Crippen molar-refractivity contribution >= 4 is 24.2 Å². The molecule has 0 heterocycles. The molecule has 0 spiro atoms. The molecule has 29 heavy (non-hydrogen) atoms. The number of carbonyl (C=O) groups is 2. The van der Waals surface area contributed by atoms with Crippen LogP contribution in [0.25, 0.3) is 0 Å². The topological polar surface area (TPSA) is 84.2 Å². The van der Waals surface area contributed by atoms with Crippen LogP contribution in [-0.4, -0.2) is 29.9 Å². The molecule has 4 aliphatic carbocycles. The summed E-state index contributed by atoms with van der Waals surface area (Å²) in [5, 5.41) is 6.67. The van der Waals surface area contributed by atoms with Crippen LogP contribution in [-0.2, 0) is 9.59 Å². The highest BCUT2D eigenvalue weighted by atomic mass is 35.5. The Hall–Kier alpha value is -0.810. The van der Waals surface area contributed by atoms with Crippen molar-refractivity contribution in [1.29, 1.82) is 0 Å². The van der Waals surface area contributed by atoms with Crippen molar-refractivity contribution < 1.29 is 9.59 Å². The number of nitrogens with one attached hydrogen (secondary N) is 2. The lowest BCUT2D eigenvalue weighted by molar-refractivity contribution is -0.128. The minimum Gasteiger partial charge on any atom is -0.353 e. The van der Waals surface area contributed by atoms with Crippen LogP contribution in [0.4, 0.5) is 0 Å². The van der Waals surface area contributed by atoms with E-state index < -0.39 is 0 Å². The summed E-state index contributed by atoms with van der Waals surface area (Å²) in [6.07, 6.45) is 15.3. The Morgan fingerprint density at radius 3 is 2.03 bits per heavy atom. The van der Waals surface area contributed by atoms with Gasteiger partial charge in [-0.05, 0) is 82.0 Å². The van der Waals surface area contributed by atoms with Gasteiger partial charge < -0.3 is 16.4 Å². The first-order chi connectivity index (χ1) is 13.6. The van der Waals surface area contributed by atoms with Crippen LogP contribution in [0.5, 0.6) is 0 Å². The Morgan fingerprint density at radius 2 is 1.41 bits per heavy atom. The Kier molecular flexibility index (Phi) is 8.26. The van der Waals surface area contributed by atoms with Gasteiger partial charge in [-0.15, -0.1) is 12.4 Å². The SMILES string of the molecule is Cl.NC1CC2CCCC(C1)C2NC(=O)C1CCC(NC(=O)CC2CCCC2)CC1. The fraction of sp³-hybridized carbons (Fsp3) is 0.913. The van der Waals surface area contributed by atoms with Crippen molar-refractivity contribution in [2.24, 2.45) is 29.4 Å². The van der Waals surface area contributed by atoms with Gasteiger partial charge in [-0.25, -0.2) is 0 Å². The molecule has 5 nitrogen and oxygen atoms in total. The average Bonchev–Trinajstić information content (AvgIpc) is 3.16. The maximum Gasteiger partial charge on any atom is 0.223 e. The van der Waals surface area contributed by atoms with E-state index >= 15 is 0 Å². The second kappa shape index (κ2) is 10.5. The Morgan fingerprint density at radius 1 is 0.793 bits per heavy atom. The van der Waals surface area contributed by atoms with E-state index in [0.29, 0.717) is 36.3 Å². The molecule has 2 bridgehead atoms. The molecule has 4 N–H and O–H groups in total. The van der Waals surface area contributed by atoms with Gasteiger partial charge in [0.25, 0.3) is 0 Å². The summed E-state index contributed by atoms with van der Waals surface area (Å²) in [5.74, 6) is 2.37. The normalized spacial score (nSPS) is 37.4. The zero-order valence-corrected chi connectivity index (χ0v) is 18.6. The number of hydrogen-bond acceptors (Lipinski definition) is 3. The van der Waals surface area contributed by atoms with Crippen molar-refractivity contribution in [1.82, 2.24) is 10.6 Å². The monoisotopic (exact) mass is 425 g/mol. The molecular weight excluding hydrogens is 386 g/mol. The van der Waals surface area contributed by atoms with Gasteiger partial charge in [-0.1, -0.05) is 19.3 Å². The molecule has 4 fully saturated rings. The average molecular weight is 426 g/mol. The van der Waals surface area contributed by atoms with Crippen LogP contribution in [0.15, 0.2) is 0 Å². The van der Waals surface area contributed by atoms with Gasteiger partial charge in [0.05, 0.1) is 0 Å². The third-order valence-electron chi connectivity index (χ3n) is 8.10. The fourth-order valence-corrected chi connectivity index (χ4v) is 6.57. The standard InChI is InChI=1S/C23H39N3O2.ClH/c24-19-13-17-6-3-7-18(14-19)22(17)26-23(28)16-8-10-20(11-9-16)25-21(27)12-15-4-1-2-5-15;/h15-20,22H,1-14,24H2,(H,25,27)(H,26,28);1H. The molecule has 0 aromatic carbocycles. The van der Waals surface area contributed by atoms with E-state index in [2.05, 4.69) is 10.6 Å². The van der Waals surface area contributed by atoms with E-state index in [1.54, 1.807) is 0 Å². The van der Waals surface area contributed by atoms with Crippen molar-refractivity contribution in [3.63, 3.8) is 0 Å². The zero-order chi connectivity index (χ0) is 19.5. The lowest BCUT2D eigenvalue weighted by Gasteiger charge is -2.45. The van der Waals surface area contributed by atoms with Crippen LogP contribution in [0.2, 0.25) is 0 Å². The fourth-order valence-electron chi connectivity index (χ4n) is 6.57.